The molecule has 0 radical (unpaired) electrons. The molecule has 0 bridgehead atoms. The lowest BCUT2D eigenvalue weighted by Gasteiger charge is -2.40. The van der Waals surface area contributed by atoms with E-state index in [0.717, 1.165) is 25.0 Å². The first-order valence-corrected chi connectivity index (χ1v) is 6.86. The molecule has 0 aromatic carbocycles. The van der Waals surface area contributed by atoms with E-state index in [4.69, 9.17) is 11.3 Å². The molecule has 2 unspecified atom stereocenters. The van der Waals surface area contributed by atoms with Gasteiger partial charge in [0.2, 0.25) is 5.91 Å². The van der Waals surface area contributed by atoms with Crippen molar-refractivity contribution in [3.8, 4) is 0 Å². The van der Waals surface area contributed by atoms with Gasteiger partial charge >= 0.3 is 0 Å². The number of nitrogens with zero attached hydrogens (tertiary/aromatic N) is 3. The maximum absolute atomic E-state index is 11.7. The smallest absolute Gasteiger partial charge is 0.238 e. The van der Waals surface area contributed by atoms with Crippen LogP contribution in [-0.4, -0.2) is 35.5 Å². The fourth-order valence-corrected chi connectivity index (χ4v) is 3.37. The van der Waals surface area contributed by atoms with E-state index >= 15 is 0 Å². The zero-order chi connectivity index (χ0) is 12.7. The molecule has 3 N–H and O–H groups in total. The Balaban J connectivity index is 2.53. The van der Waals surface area contributed by atoms with E-state index in [2.05, 4.69) is 15.3 Å². The highest BCUT2D eigenvalue weighted by Gasteiger charge is 2.43. The molecule has 0 saturated carbocycles. The number of carbonyl (C=O) groups is 1. The first kappa shape index (κ1) is 14.2. The Morgan fingerprint density at radius 3 is 3.12 bits per heavy atom. The number of amides is 1. The van der Waals surface area contributed by atoms with Crippen molar-refractivity contribution in [1.82, 2.24) is 5.32 Å². The van der Waals surface area contributed by atoms with E-state index in [-0.39, 0.29) is 11.2 Å². The summed E-state index contributed by atoms with van der Waals surface area (Å²) in [5.41, 5.74) is 13.1. The van der Waals surface area contributed by atoms with Gasteiger partial charge < -0.3 is 11.1 Å². The van der Waals surface area contributed by atoms with Crippen molar-refractivity contribution in [2.75, 3.05) is 18.8 Å². The highest BCUT2D eigenvalue weighted by Crippen LogP contribution is 2.33. The number of azide groups is 1. The van der Waals surface area contributed by atoms with Crippen molar-refractivity contribution in [2.45, 2.75) is 37.0 Å². The second kappa shape index (κ2) is 6.74. The number of carbonyl (C=O) groups excluding carboxylic acids is 1. The molecule has 1 saturated heterocycles. The number of primary amides is 1. The molecule has 6 nitrogen and oxygen atoms in total. The monoisotopic (exact) mass is 257 g/mol. The predicted octanol–water partition coefficient (Wildman–Crippen LogP) is 1.42. The van der Waals surface area contributed by atoms with Crippen LogP contribution in [0.2, 0.25) is 0 Å². The van der Waals surface area contributed by atoms with Crippen LogP contribution in [0.15, 0.2) is 5.11 Å². The van der Waals surface area contributed by atoms with E-state index < -0.39 is 5.54 Å². The van der Waals surface area contributed by atoms with E-state index in [9.17, 15) is 4.79 Å². The van der Waals surface area contributed by atoms with Crippen LogP contribution in [0.3, 0.4) is 0 Å². The fraction of sp³-hybridized carbons (Fsp3) is 0.900. The fourth-order valence-electron chi connectivity index (χ4n) is 2.11. The van der Waals surface area contributed by atoms with Crippen LogP contribution in [0.25, 0.3) is 10.4 Å². The maximum atomic E-state index is 11.7. The predicted molar refractivity (Wildman–Crippen MR) is 69.7 cm³/mol. The lowest BCUT2D eigenvalue weighted by molar-refractivity contribution is -0.124. The molecule has 1 aliphatic rings. The van der Waals surface area contributed by atoms with Gasteiger partial charge in [0.1, 0.15) is 5.54 Å². The van der Waals surface area contributed by atoms with Gasteiger partial charge in [0.05, 0.1) is 0 Å². The van der Waals surface area contributed by atoms with Crippen molar-refractivity contribution < 1.29 is 4.79 Å². The first-order chi connectivity index (χ1) is 8.13. The molecule has 0 aliphatic carbocycles. The SMILES string of the molecule is CC1SCCCC1(NCCCN=[N+]=[N-])C(N)=O. The van der Waals surface area contributed by atoms with Gasteiger partial charge in [-0.05, 0) is 37.1 Å². The Morgan fingerprint density at radius 2 is 2.53 bits per heavy atom. The van der Waals surface area contributed by atoms with E-state index in [0.29, 0.717) is 13.1 Å². The Kier molecular flexibility index (Phi) is 5.61. The average molecular weight is 257 g/mol. The summed E-state index contributed by atoms with van der Waals surface area (Å²) in [5, 5.41) is 6.91. The molecule has 17 heavy (non-hydrogen) atoms. The summed E-state index contributed by atoms with van der Waals surface area (Å²) in [6, 6.07) is 0. The molecule has 1 aliphatic heterocycles. The summed E-state index contributed by atoms with van der Waals surface area (Å²) in [5.74, 6) is 0.803. The van der Waals surface area contributed by atoms with Crippen LogP contribution in [0.5, 0.6) is 0 Å². The minimum atomic E-state index is -0.598. The third-order valence-electron chi connectivity index (χ3n) is 3.16. The van der Waals surface area contributed by atoms with Crippen LogP contribution in [-0.2, 0) is 4.79 Å². The second-order valence-electron chi connectivity index (χ2n) is 4.19. The van der Waals surface area contributed by atoms with Gasteiger partial charge in [0.25, 0.3) is 0 Å². The molecular weight excluding hydrogens is 238 g/mol. The summed E-state index contributed by atoms with van der Waals surface area (Å²) in [6.07, 6.45) is 2.51. The van der Waals surface area contributed by atoms with E-state index in [1.165, 1.54) is 0 Å². The van der Waals surface area contributed by atoms with Crippen molar-refractivity contribution in [1.29, 1.82) is 0 Å². The lowest BCUT2D eigenvalue weighted by atomic mass is 9.88. The molecule has 0 aromatic rings. The average Bonchev–Trinajstić information content (AvgIpc) is 2.31. The normalized spacial score (nSPS) is 28.4. The van der Waals surface area contributed by atoms with Crippen molar-refractivity contribution in [3.63, 3.8) is 0 Å². The maximum Gasteiger partial charge on any atom is 0.238 e. The van der Waals surface area contributed by atoms with Gasteiger partial charge in [-0.1, -0.05) is 12.0 Å². The number of hydrogen-bond donors (Lipinski definition) is 2. The third kappa shape index (κ3) is 3.52. The number of rotatable bonds is 6. The minimum absolute atomic E-state index is 0.188. The van der Waals surface area contributed by atoms with E-state index in [1.807, 2.05) is 6.92 Å². The number of thioether (sulfide) groups is 1. The molecule has 0 spiro atoms. The Labute approximate surface area is 105 Å². The summed E-state index contributed by atoms with van der Waals surface area (Å²) in [4.78, 5) is 14.4. The van der Waals surface area contributed by atoms with Crippen LogP contribution in [0, 0.1) is 0 Å². The third-order valence-corrected chi connectivity index (χ3v) is 4.58. The quantitative estimate of drug-likeness (QED) is 0.325. The summed E-state index contributed by atoms with van der Waals surface area (Å²) < 4.78 is 0. The number of hydrogen-bond acceptors (Lipinski definition) is 4. The van der Waals surface area contributed by atoms with Crippen molar-refractivity contribution in [2.24, 2.45) is 10.8 Å². The first-order valence-electron chi connectivity index (χ1n) is 5.81. The van der Waals surface area contributed by atoms with Crippen LogP contribution < -0.4 is 11.1 Å². The molecule has 7 heteroatoms. The number of nitrogens with two attached hydrogens (primary N) is 1. The molecule has 96 valence electrons. The molecule has 1 fully saturated rings. The van der Waals surface area contributed by atoms with Crippen LogP contribution in [0.1, 0.15) is 26.2 Å². The Morgan fingerprint density at radius 1 is 1.76 bits per heavy atom. The Bertz CT molecular complexity index is 318. The summed E-state index contributed by atoms with van der Waals surface area (Å²) in [7, 11) is 0. The second-order valence-corrected chi connectivity index (χ2v) is 5.64. The van der Waals surface area contributed by atoms with Gasteiger partial charge in [0.15, 0.2) is 0 Å². The van der Waals surface area contributed by atoms with Crippen molar-refractivity contribution in [3.05, 3.63) is 10.4 Å². The summed E-state index contributed by atoms with van der Waals surface area (Å²) in [6.45, 7) is 3.13. The highest BCUT2D eigenvalue weighted by molar-refractivity contribution is 8.00. The van der Waals surface area contributed by atoms with Crippen LogP contribution in [0.4, 0.5) is 0 Å². The van der Waals surface area contributed by atoms with Gasteiger partial charge in [0, 0.05) is 16.7 Å². The standard InChI is InChI=1S/C10H19N5OS/c1-8-10(9(11)16,4-2-7-17-8)13-5-3-6-14-15-12/h8,13H,2-7H2,1H3,(H2,11,16). The van der Waals surface area contributed by atoms with Gasteiger partial charge in [-0.2, -0.15) is 11.8 Å². The highest BCUT2D eigenvalue weighted by atomic mass is 32.2. The number of nitrogens with one attached hydrogen (secondary N) is 1. The molecule has 0 aromatic heterocycles. The molecular formula is C10H19N5OS. The zero-order valence-corrected chi connectivity index (χ0v) is 10.9. The zero-order valence-electron chi connectivity index (χ0n) is 10.1. The largest absolute Gasteiger partial charge is 0.368 e. The molecule has 1 heterocycles. The topological polar surface area (TPSA) is 104 Å². The Hall–Kier alpha value is -0.910. The molecule has 2 atom stereocenters. The van der Waals surface area contributed by atoms with Gasteiger partial charge in [-0.15, -0.1) is 0 Å². The van der Waals surface area contributed by atoms with Crippen molar-refractivity contribution >= 4 is 17.7 Å². The lowest BCUT2D eigenvalue weighted by Crippen LogP contribution is -2.62. The molecule has 1 amide bonds. The van der Waals surface area contributed by atoms with E-state index in [1.54, 1.807) is 11.8 Å². The van der Waals surface area contributed by atoms with Crippen LogP contribution >= 0.6 is 11.8 Å². The minimum Gasteiger partial charge on any atom is -0.368 e. The molecule has 1 rings (SSSR count). The summed E-state index contributed by atoms with van der Waals surface area (Å²) >= 11 is 1.78. The van der Waals surface area contributed by atoms with Gasteiger partial charge in [-0.3, -0.25) is 4.79 Å². The van der Waals surface area contributed by atoms with Gasteiger partial charge in [-0.25, -0.2) is 0 Å².